The van der Waals surface area contributed by atoms with Crippen molar-refractivity contribution >= 4 is 16.9 Å². The second-order valence-electron chi connectivity index (χ2n) is 8.02. The number of benzene rings is 1. The summed E-state index contributed by atoms with van der Waals surface area (Å²) in [5.74, 6) is 0.857. The van der Waals surface area contributed by atoms with E-state index in [2.05, 4.69) is 20.4 Å². The first-order valence-corrected chi connectivity index (χ1v) is 10.7. The summed E-state index contributed by atoms with van der Waals surface area (Å²) in [6, 6.07) is 13.4. The third-order valence-corrected chi connectivity index (χ3v) is 5.48. The highest BCUT2D eigenvalue weighted by Crippen LogP contribution is 2.31. The molecule has 8 nitrogen and oxygen atoms in total. The zero-order valence-electron chi connectivity index (χ0n) is 19.4. The Kier molecular flexibility index (Phi) is 6.26. The minimum absolute atomic E-state index is 0.117. The van der Waals surface area contributed by atoms with E-state index < -0.39 is 0 Å². The maximum absolute atomic E-state index is 12.4. The summed E-state index contributed by atoms with van der Waals surface area (Å²) >= 11 is 0. The van der Waals surface area contributed by atoms with Gasteiger partial charge in [0.25, 0.3) is 5.91 Å². The van der Waals surface area contributed by atoms with Crippen molar-refractivity contribution in [2.45, 2.75) is 26.8 Å². The molecule has 0 unspecified atom stereocenters. The predicted molar refractivity (Wildman–Crippen MR) is 126 cm³/mol. The van der Waals surface area contributed by atoms with Gasteiger partial charge >= 0.3 is 0 Å². The largest absolute Gasteiger partial charge is 0.497 e. The van der Waals surface area contributed by atoms with E-state index in [1.165, 1.54) is 5.56 Å². The Morgan fingerprint density at radius 1 is 1.15 bits per heavy atom. The molecule has 33 heavy (non-hydrogen) atoms. The highest BCUT2D eigenvalue weighted by molar-refractivity contribution is 5.93. The summed E-state index contributed by atoms with van der Waals surface area (Å²) in [5, 5.41) is 8.45. The van der Waals surface area contributed by atoms with E-state index in [0.717, 1.165) is 16.5 Å². The fourth-order valence-corrected chi connectivity index (χ4v) is 3.68. The SMILES string of the molecule is COc1ccnc(-c2nn(C)c3nc(OCC(=O)N[C@@H](C)c4ccc(C)cc4)cc(C)c23)c1. The minimum atomic E-state index is -0.214. The molecule has 4 rings (SSSR count). The van der Waals surface area contributed by atoms with Crippen molar-refractivity contribution in [2.75, 3.05) is 13.7 Å². The number of aryl methyl sites for hydroxylation is 3. The number of ether oxygens (including phenoxy) is 2. The molecular formula is C25H27N5O3. The normalized spacial score (nSPS) is 11.9. The van der Waals surface area contributed by atoms with Crippen LogP contribution in [0.3, 0.4) is 0 Å². The van der Waals surface area contributed by atoms with Gasteiger partial charge in [0.2, 0.25) is 5.88 Å². The Morgan fingerprint density at radius 2 is 1.91 bits per heavy atom. The van der Waals surface area contributed by atoms with Gasteiger partial charge < -0.3 is 14.8 Å². The quantitative estimate of drug-likeness (QED) is 0.464. The third-order valence-electron chi connectivity index (χ3n) is 5.48. The van der Waals surface area contributed by atoms with Crippen LogP contribution < -0.4 is 14.8 Å². The van der Waals surface area contributed by atoms with E-state index in [9.17, 15) is 4.79 Å². The number of amides is 1. The molecule has 1 aromatic carbocycles. The standard InChI is InChI=1S/C25H27N5O3/c1-15-6-8-18(9-7-15)17(3)27-21(31)14-33-22-12-16(2)23-24(29-30(4)25(23)28-22)20-13-19(32-5)10-11-26-20/h6-13,17H,14H2,1-5H3,(H,27,31)/t17-/m0/s1. The molecular weight excluding hydrogens is 418 g/mol. The van der Waals surface area contributed by atoms with Crippen LogP contribution >= 0.6 is 0 Å². The zero-order valence-corrected chi connectivity index (χ0v) is 19.4. The number of pyridine rings is 2. The molecule has 0 spiro atoms. The van der Waals surface area contributed by atoms with Crippen molar-refractivity contribution in [3.05, 3.63) is 65.4 Å². The van der Waals surface area contributed by atoms with Crippen molar-refractivity contribution in [3.8, 4) is 23.0 Å². The lowest BCUT2D eigenvalue weighted by molar-refractivity contribution is -0.123. The van der Waals surface area contributed by atoms with Gasteiger partial charge in [-0.3, -0.25) is 9.78 Å². The minimum Gasteiger partial charge on any atom is -0.497 e. The van der Waals surface area contributed by atoms with Crippen LogP contribution in [0, 0.1) is 13.8 Å². The first-order valence-electron chi connectivity index (χ1n) is 10.7. The molecule has 1 atom stereocenters. The van der Waals surface area contributed by atoms with Crippen molar-refractivity contribution in [1.82, 2.24) is 25.1 Å². The molecule has 3 heterocycles. The van der Waals surface area contributed by atoms with Gasteiger partial charge in [-0.25, -0.2) is 4.68 Å². The molecule has 8 heteroatoms. The topological polar surface area (TPSA) is 91.2 Å². The molecule has 0 bridgehead atoms. The number of aromatic nitrogens is 4. The summed E-state index contributed by atoms with van der Waals surface area (Å²) in [7, 11) is 3.43. The van der Waals surface area contributed by atoms with E-state index in [-0.39, 0.29) is 18.6 Å². The van der Waals surface area contributed by atoms with Crippen LogP contribution in [0.15, 0.2) is 48.7 Å². The van der Waals surface area contributed by atoms with Crippen molar-refractivity contribution < 1.29 is 14.3 Å². The Bertz CT molecular complexity index is 1300. The molecule has 0 saturated carbocycles. The smallest absolute Gasteiger partial charge is 0.258 e. The van der Waals surface area contributed by atoms with Crippen molar-refractivity contribution in [2.24, 2.45) is 7.05 Å². The molecule has 1 amide bonds. The van der Waals surface area contributed by atoms with Crippen molar-refractivity contribution in [3.63, 3.8) is 0 Å². The van der Waals surface area contributed by atoms with Gasteiger partial charge in [0.15, 0.2) is 12.3 Å². The van der Waals surface area contributed by atoms with E-state index in [1.807, 2.05) is 64.2 Å². The van der Waals surface area contributed by atoms with Crippen LogP contribution in [0.4, 0.5) is 0 Å². The summed E-state index contributed by atoms with van der Waals surface area (Å²) < 4.78 is 12.7. The average molecular weight is 446 g/mol. The first-order chi connectivity index (χ1) is 15.9. The van der Waals surface area contributed by atoms with Crippen LogP contribution in [0.5, 0.6) is 11.6 Å². The third kappa shape index (κ3) is 4.79. The maximum Gasteiger partial charge on any atom is 0.258 e. The average Bonchev–Trinajstić information content (AvgIpc) is 3.15. The number of carbonyl (C=O) groups excluding carboxylic acids is 1. The molecule has 0 aliphatic rings. The van der Waals surface area contributed by atoms with E-state index >= 15 is 0 Å². The van der Waals surface area contributed by atoms with Gasteiger partial charge in [-0.2, -0.15) is 10.1 Å². The van der Waals surface area contributed by atoms with Crippen LogP contribution in [0.25, 0.3) is 22.4 Å². The Hall–Kier alpha value is -3.94. The second-order valence-corrected chi connectivity index (χ2v) is 8.02. The monoisotopic (exact) mass is 445 g/mol. The van der Waals surface area contributed by atoms with Crippen LogP contribution in [0.1, 0.15) is 29.7 Å². The Labute approximate surface area is 192 Å². The summed E-state index contributed by atoms with van der Waals surface area (Å²) in [5.41, 5.74) is 5.21. The molecule has 4 aromatic rings. The Morgan fingerprint density at radius 3 is 2.64 bits per heavy atom. The highest BCUT2D eigenvalue weighted by Gasteiger charge is 2.18. The number of nitrogens with zero attached hydrogens (tertiary/aromatic N) is 4. The number of fused-ring (bicyclic) bond motifs is 1. The van der Waals surface area contributed by atoms with Crippen molar-refractivity contribution in [1.29, 1.82) is 0 Å². The fraction of sp³-hybridized carbons (Fsp3) is 0.280. The summed E-state index contributed by atoms with van der Waals surface area (Å²) in [4.78, 5) is 21.4. The number of methoxy groups -OCH3 is 1. The van der Waals surface area contributed by atoms with Gasteiger partial charge in [-0.1, -0.05) is 29.8 Å². The summed E-state index contributed by atoms with van der Waals surface area (Å²) in [6.07, 6.45) is 1.69. The molecule has 0 fully saturated rings. The molecule has 0 aliphatic carbocycles. The number of hydrogen-bond donors (Lipinski definition) is 1. The van der Waals surface area contributed by atoms with Crippen LogP contribution in [0.2, 0.25) is 0 Å². The Balaban J connectivity index is 1.50. The zero-order chi connectivity index (χ0) is 23.5. The lowest BCUT2D eigenvalue weighted by Crippen LogP contribution is -2.31. The predicted octanol–water partition coefficient (Wildman–Crippen LogP) is 3.91. The number of hydrogen-bond acceptors (Lipinski definition) is 6. The lowest BCUT2D eigenvalue weighted by Gasteiger charge is -2.15. The molecule has 0 aliphatic heterocycles. The van der Waals surface area contributed by atoms with E-state index in [0.29, 0.717) is 28.7 Å². The van der Waals surface area contributed by atoms with E-state index in [1.54, 1.807) is 24.1 Å². The van der Waals surface area contributed by atoms with Gasteiger partial charge in [-0.05, 0) is 38.0 Å². The van der Waals surface area contributed by atoms with Gasteiger partial charge in [0, 0.05) is 25.4 Å². The maximum atomic E-state index is 12.4. The first kappa shape index (κ1) is 22.3. The van der Waals surface area contributed by atoms with Crippen LogP contribution in [-0.2, 0) is 11.8 Å². The number of rotatable bonds is 7. The molecule has 1 N–H and O–H groups in total. The number of nitrogens with one attached hydrogen (secondary N) is 1. The fourth-order valence-electron chi connectivity index (χ4n) is 3.68. The van der Waals surface area contributed by atoms with Gasteiger partial charge in [-0.15, -0.1) is 0 Å². The molecule has 0 radical (unpaired) electrons. The highest BCUT2D eigenvalue weighted by atomic mass is 16.5. The lowest BCUT2D eigenvalue weighted by atomic mass is 10.1. The van der Waals surface area contributed by atoms with Crippen LogP contribution in [-0.4, -0.2) is 39.4 Å². The van der Waals surface area contributed by atoms with Gasteiger partial charge in [0.1, 0.15) is 11.4 Å². The number of carbonyl (C=O) groups is 1. The molecule has 3 aromatic heterocycles. The second kappa shape index (κ2) is 9.28. The van der Waals surface area contributed by atoms with Gasteiger partial charge in [0.05, 0.1) is 24.2 Å². The molecule has 0 saturated heterocycles. The summed E-state index contributed by atoms with van der Waals surface area (Å²) in [6.45, 7) is 5.81. The molecule has 170 valence electrons. The van der Waals surface area contributed by atoms with E-state index in [4.69, 9.17) is 9.47 Å².